The SMILES string of the molecule is C=C1C(=O)O[C@@H]2C3C(=C(C)CC[C@@H]12)CC[C@@]3(C)OC(=O)CC. The van der Waals surface area contributed by atoms with E-state index in [-0.39, 0.29) is 29.9 Å². The molecule has 22 heavy (non-hydrogen) atoms. The Kier molecular flexibility index (Phi) is 3.66. The van der Waals surface area contributed by atoms with Crippen molar-refractivity contribution in [3.63, 3.8) is 0 Å². The van der Waals surface area contributed by atoms with Crippen LogP contribution in [0.15, 0.2) is 23.3 Å². The number of ether oxygens (including phenoxy) is 2. The Labute approximate surface area is 131 Å². The molecular formula is C18H24O4. The zero-order chi connectivity index (χ0) is 16.1. The van der Waals surface area contributed by atoms with E-state index in [2.05, 4.69) is 13.5 Å². The van der Waals surface area contributed by atoms with Crippen molar-refractivity contribution < 1.29 is 19.1 Å². The average Bonchev–Trinajstić information content (AvgIpc) is 2.89. The lowest BCUT2D eigenvalue weighted by atomic mass is 9.79. The molecule has 1 heterocycles. The number of allylic oxidation sites excluding steroid dienone is 1. The molecule has 1 saturated carbocycles. The highest BCUT2D eigenvalue weighted by atomic mass is 16.6. The van der Waals surface area contributed by atoms with Crippen LogP contribution in [0.2, 0.25) is 0 Å². The molecule has 4 heteroatoms. The van der Waals surface area contributed by atoms with E-state index in [0.29, 0.717) is 12.0 Å². The minimum Gasteiger partial charge on any atom is -0.459 e. The molecule has 0 aromatic rings. The first-order valence-corrected chi connectivity index (χ1v) is 8.17. The summed E-state index contributed by atoms with van der Waals surface area (Å²) in [5.41, 5.74) is 2.68. The second kappa shape index (κ2) is 5.25. The average molecular weight is 304 g/mol. The van der Waals surface area contributed by atoms with Crippen LogP contribution in [-0.4, -0.2) is 23.6 Å². The van der Waals surface area contributed by atoms with Gasteiger partial charge in [-0.25, -0.2) is 4.79 Å². The lowest BCUT2D eigenvalue weighted by molar-refractivity contribution is -0.166. The summed E-state index contributed by atoms with van der Waals surface area (Å²) < 4.78 is 11.5. The fraction of sp³-hybridized carbons (Fsp3) is 0.667. The number of carbonyl (C=O) groups is 2. The van der Waals surface area contributed by atoms with Crippen molar-refractivity contribution in [3.05, 3.63) is 23.3 Å². The number of fused-ring (bicyclic) bond motifs is 3. The van der Waals surface area contributed by atoms with Gasteiger partial charge in [0.2, 0.25) is 0 Å². The van der Waals surface area contributed by atoms with Gasteiger partial charge in [0.1, 0.15) is 11.7 Å². The third-order valence-electron chi connectivity index (χ3n) is 5.62. The Morgan fingerprint density at radius 2 is 2.18 bits per heavy atom. The highest BCUT2D eigenvalue weighted by Crippen LogP contribution is 2.53. The molecule has 0 radical (unpaired) electrons. The molecule has 4 nitrogen and oxygen atoms in total. The van der Waals surface area contributed by atoms with Crippen LogP contribution in [0.25, 0.3) is 0 Å². The lowest BCUT2D eigenvalue weighted by Gasteiger charge is -2.36. The summed E-state index contributed by atoms with van der Waals surface area (Å²) in [6, 6.07) is 0. The van der Waals surface area contributed by atoms with Gasteiger partial charge in [0, 0.05) is 17.9 Å². The van der Waals surface area contributed by atoms with Gasteiger partial charge in [-0.15, -0.1) is 0 Å². The number of rotatable bonds is 2. The fourth-order valence-corrected chi connectivity index (χ4v) is 4.34. The van der Waals surface area contributed by atoms with Crippen molar-refractivity contribution >= 4 is 11.9 Å². The number of esters is 2. The molecule has 3 aliphatic rings. The molecule has 0 N–H and O–H groups in total. The van der Waals surface area contributed by atoms with Crippen LogP contribution in [0.3, 0.4) is 0 Å². The molecule has 0 aromatic heterocycles. The third-order valence-corrected chi connectivity index (χ3v) is 5.62. The molecule has 0 amide bonds. The topological polar surface area (TPSA) is 52.6 Å². The van der Waals surface area contributed by atoms with Crippen LogP contribution in [0, 0.1) is 11.8 Å². The normalized spacial score (nSPS) is 37.5. The highest BCUT2D eigenvalue weighted by Gasteiger charge is 2.56. The molecule has 3 rings (SSSR count). The van der Waals surface area contributed by atoms with E-state index in [0.717, 1.165) is 25.7 Å². The molecule has 4 atom stereocenters. The summed E-state index contributed by atoms with van der Waals surface area (Å²) in [4.78, 5) is 23.8. The summed E-state index contributed by atoms with van der Waals surface area (Å²) in [5.74, 6) is -0.461. The second-order valence-corrected chi connectivity index (χ2v) is 6.96. The molecule has 0 spiro atoms. The summed E-state index contributed by atoms with van der Waals surface area (Å²) >= 11 is 0. The van der Waals surface area contributed by atoms with Crippen LogP contribution in [0.4, 0.5) is 0 Å². The number of hydrogen-bond donors (Lipinski definition) is 0. The Hall–Kier alpha value is -1.58. The summed E-state index contributed by atoms with van der Waals surface area (Å²) in [7, 11) is 0. The predicted octanol–water partition coefficient (Wildman–Crippen LogP) is 3.32. The molecule has 0 bridgehead atoms. The first-order valence-electron chi connectivity index (χ1n) is 8.17. The first kappa shape index (κ1) is 15.3. The summed E-state index contributed by atoms with van der Waals surface area (Å²) in [6.07, 6.45) is 3.69. The van der Waals surface area contributed by atoms with Crippen LogP contribution >= 0.6 is 0 Å². The van der Waals surface area contributed by atoms with Crippen molar-refractivity contribution in [2.24, 2.45) is 11.8 Å². The van der Waals surface area contributed by atoms with E-state index in [1.54, 1.807) is 6.92 Å². The van der Waals surface area contributed by atoms with Gasteiger partial charge in [0.15, 0.2) is 0 Å². The van der Waals surface area contributed by atoms with E-state index in [1.807, 2.05) is 6.92 Å². The maximum atomic E-state index is 12.0. The Bertz CT molecular complexity index is 574. The van der Waals surface area contributed by atoms with Crippen LogP contribution in [-0.2, 0) is 19.1 Å². The van der Waals surface area contributed by atoms with Crippen molar-refractivity contribution in [3.8, 4) is 0 Å². The van der Waals surface area contributed by atoms with Gasteiger partial charge in [0.05, 0.1) is 5.92 Å². The zero-order valence-corrected chi connectivity index (χ0v) is 13.6. The van der Waals surface area contributed by atoms with Crippen LogP contribution < -0.4 is 0 Å². The third kappa shape index (κ3) is 2.20. The van der Waals surface area contributed by atoms with E-state index >= 15 is 0 Å². The van der Waals surface area contributed by atoms with E-state index in [4.69, 9.17) is 9.47 Å². The molecule has 1 unspecified atom stereocenters. The standard InChI is InChI=1S/C18H24O4/c1-5-14(19)22-18(4)9-8-12-10(2)6-7-13-11(3)17(20)21-16(13)15(12)18/h13,15-16H,3,5-9H2,1-2,4H3/t13-,15?,16-,18+/m0/s1. The Morgan fingerprint density at radius 1 is 1.45 bits per heavy atom. The summed E-state index contributed by atoms with van der Waals surface area (Å²) in [5, 5.41) is 0. The van der Waals surface area contributed by atoms with Gasteiger partial charge in [-0.2, -0.15) is 0 Å². The number of hydrogen-bond acceptors (Lipinski definition) is 4. The lowest BCUT2D eigenvalue weighted by Crippen LogP contribution is -2.43. The maximum Gasteiger partial charge on any atom is 0.334 e. The van der Waals surface area contributed by atoms with Gasteiger partial charge in [0.25, 0.3) is 0 Å². The molecule has 2 aliphatic carbocycles. The molecule has 1 saturated heterocycles. The zero-order valence-electron chi connectivity index (χ0n) is 13.6. The first-order chi connectivity index (χ1) is 10.4. The molecular weight excluding hydrogens is 280 g/mol. The Balaban J connectivity index is 2.00. The van der Waals surface area contributed by atoms with Crippen LogP contribution in [0.1, 0.15) is 52.9 Å². The molecule has 1 aliphatic heterocycles. The number of carbonyl (C=O) groups excluding carboxylic acids is 2. The van der Waals surface area contributed by atoms with E-state index in [1.165, 1.54) is 11.1 Å². The fourth-order valence-electron chi connectivity index (χ4n) is 4.34. The largest absolute Gasteiger partial charge is 0.459 e. The Morgan fingerprint density at radius 3 is 2.86 bits per heavy atom. The monoisotopic (exact) mass is 304 g/mol. The van der Waals surface area contributed by atoms with Gasteiger partial charge in [-0.05, 0) is 39.5 Å². The van der Waals surface area contributed by atoms with Crippen LogP contribution in [0.5, 0.6) is 0 Å². The van der Waals surface area contributed by atoms with Crippen molar-refractivity contribution in [1.82, 2.24) is 0 Å². The maximum absolute atomic E-state index is 12.0. The second-order valence-electron chi connectivity index (χ2n) is 6.96. The quantitative estimate of drug-likeness (QED) is 0.446. The van der Waals surface area contributed by atoms with Crippen molar-refractivity contribution in [2.45, 2.75) is 64.6 Å². The highest BCUT2D eigenvalue weighted by molar-refractivity contribution is 5.91. The predicted molar refractivity (Wildman–Crippen MR) is 82.0 cm³/mol. The van der Waals surface area contributed by atoms with E-state index < -0.39 is 5.60 Å². The van der Waals surface area contributed by atoms with Gasteiger partial charge >= 0.3 is 11.9 Å². The van der Waals surface area contributed by atoms with Gasteiger partial charge < -0.3 is 9.47 Å². The smallest absolute Gasteiger partial charge is 0.334 e. The molecule has 2 fully saturated rings. The van der Waals surface area contributed by atoms with E-state index in [9.17, 15) is 9.59 Å². The van der Waals surface area contributed by atoms with Crippen molar-refractivity contribution in [1.29, 1.82) is 0 Å². The van der Waals surface area contributed by atoms with Crippen molar-refractivity contribution in [2.75, 3.05) is 0 Å². The van der Waals surface area contributed by atoms with Gasteiger partial charge in [-0.1, -0.05) is 24.6 Å². The minimum absolute atomic E-state index is 0.0290. The molecule has 0 aromatic carbocycles. The molecule has 120 valence electrons. The summed E-state index contributed by atoms with van der Waals surface area (Å²) in [6.45, 7) is 9.87. The van der Waals surface area contributed by atoms with Gasteiger partial charge in [-0.3, -0.25) is 4.79 Å². The minimum atomic E-state index is -0.582.